The zero-order valence-corrected chi connectivity index (χ0v) is 14.9. The van der Waals surface area contributed by atoms with Crippen LogP contribution in [0.5, 0.6) is 0 Å². The van der Waals surface area contributed by atoms with Gasteiger partial charge >= 0.3 is 0 Å². The normalized spacial score (nSPS) is 15.4. The third-order valence-corrected chi connectivity index (χ3v) is 4.79. The lowest BCUT2D eigenvalue weighted by Gasteiger charge is -2.23. The Morgan fingerprint density at radius 1 is 0.913 bits per heavy atom. The molecule has 0 spiro atoms. The van der Waals surface area contributed by atoms with E-state index in [1.807, 2.05) is 29.2 Å². The number of amides is 1. The molecule has 120 valence electrons. The van der Waals surface area contributed by atoms with Crippen LogP contribution in [-0.2, 0) is 0 Å². The van der Waals surface area contributed by atoms with Crippen molar-refractivity contribution >= 4 is 34.2 Å². The molecule has 1 aliphatic heterocycles. The van der Waals surface area contributed by atoms with Crippen LogP contribution in [0.15, 0.2) is 48.5 Å². The number of halogens is 2. The molecule has 3 nitrogen and oxygen atoms in total. The Bertz CT molecular complexity index is 672. The molecule has 0 atom stereocenters. The minimum Gasteiger partial charge on any atom is -0.370 e. The molecular formula is C18H18FIN2O. The maximum absolute atomic E-state index is 13.0. The van der Waals surface area contributed by atoms with Gasteiger partial charge in [-0.2, -0.15) is 0 Å². The molecule has 0 saturated carbocycles. The summed E-state index contributed by atoms with van der Waals surface area (Å²) in [6, 6.07) is 14.2. The molecule has 3 rings (SSSR count). The highest BCUT2D eigenvalue weighted by molar-refractivity contribution is 14.1. The maximum Gasteiger partial charge on any atom is 0.253 e. The van der Waals surface area contributed by atoms with E-state index in [2.05, 4.69) is 27.5 Å². The number of carbonyl (C=O) groups excluding carboxylic acids is 1. The molecule has 0 unspecified atom stereocenters. The summed E-state index contributed by atoms with van der Waals surface area (Å²) >= 11 is 2.23. The second-order valence-electron chi connectivity index (χ2n) is 5.62. The number of rotatable bonds is 2. The van der Waals surface area contributed by atoms with Crippen molar-refractivity contribution in [2.75, 3.05) is 31.1 Å². The van der Waals surface area contributed by atoms with Gasteiger partial charge in [0, 0.05) is 41.0 Å². The maximum atomic E-state index is 13.0. The molecule has 5 heteroatoms. The van der Waals surface area contributed by atoms with E-state index in [1.54, 1.807) is 12.1 Å². The molecule has 1 saturated heterocycles. The van der Waals surface area contributed by atoms with Crippen LogP contribution in [-0.4, -0.2) is 37.0 Å². The highest BCUT2D eigenvalue weighted by atomic mass is 127. The third kappa shape index (κ3) is 4.02. The minimum atomic E-state index is -0.223. The summed E-state index contributed by atoms with van der Waals surface area (Å²) in [4.78, 5) is 16.7. The predicted octanol–water partition coefficient (Wildman–Crippen LogP) is 3.78. The van der Waals surface area contributed by atoms with Gasteiger partial charge in [-0.1, -0.05) is 0 Å². The summed E-state index contributed by atoms with van der Waals surface area (Å²) in [5.41, 5.74) is 1.75. The van der Waals surface area contributed by atoms with Gasteiger partial charge in [-0.25, -0.2) is 4.39 Å². The molecule has 1 amide bonds. The average Bonchev–Trinajstić information content (AvgIpc) is 2.82. The summed E-state index contributed by atoms with van der Waals surface area (Å²) in [5.74, 6) is -0.138. The van der Waals surface area contributed by atoms with Crippen LogP contribution >= 0.6 is 22.6 Å². The fourth-order valence-electron chi connectivity index (χ4n) is 2.81. The van der Waals surface area contributed by atoms with Gasteiger partial charge < -0.3 is 9.80 Å². The fourth-order valence-corrected chi connectivity index (χ4v) is 3.17. The first-order chi connectivity index (χ1) is 11.1. The fraction of sp³-hybridized carbons (Fsp3) is 0.278. The Morgan fingerprint density at radius 3 is 2.30 bits per heavy atom. The Labute approximate surface area is 149 Å². The summed E-state index contributed by atoms with van der Waals surface area (Å²) in [5, 5.41) is 0. The van der Waals surface area contributed by atoms with E-state index >= 15 is 0 Å². The summed E-state index contributed by atoms with van der Waals surface area (Å²) in [7, 11) is 0. The Balaban J connectivity index is 1.67. The molecule has 23 heavy (non-hydrogen) atoms. The summed E-state index contributed by atoms with van der Waals surface area (Å²) < 4.78 is 14.2. The lowest BCUT2D eigenvalue weighted by molar-refractivity contribution is 0.0767. The molecule has 1 heterocycles. The van der Waals surface area contributed by atoms with E-state index in [1.165, 1.54) is 12.1 Å². The molecule has 0 N–H and O–H groups in total. The van der Waals surface area contributed by atoms with Crippen molar-refractivity contribution in [3.8, 4) is 0 Å². The van der Waals surface area contributed by atoms with Crippen LogP contribution in [0.4, 0.5) is 10.1 Å². The Hall–Kier alpha value is -1.63. The van der Waals surface area contributed by atoms with Crippen LogP contribution in [0.3, 0.4) is 0 Å². The lowest BCUT2D eigenvalue weighted by atomic mass is 10.2. The number of anilines is 1. The monoisotopic (exact) mass is 424 g/mol. The van der Waals surface area contributed by atoms with Gasteiger partial charge in [-0.15, -0.1) is 0 Å². The second kappa shape index (κ2) is 7.29. The van der Waals surface area contributed by atoms with Gasteiger partial charge in [-0.3, -0.25) is 4.79 Å². The smallest absolute Gasteiger partial charge is 0.253 e. The molecule has 0 aromatic heterocycles. The van der Waals surface area contributed by atoms with Crippen LogP contribution < -0.4 is 4.90 Å². The van der Waals surface area contributed by atoms with E-state index in [0.717, 1.165) is 40.9 Å². The van der Waals surface area contributed by atoms with Crippen molar-refractivity contribution in [3.63, 3.8) is 0 Å². The first-order valence-corrected chi connectivity index (χ1v) is 8.77. The topological polar surface area (TPSA) is 23.6 Å². The van der Waals surface area contributed by atoms with Gasteiger partial charge in [0.1, 0.15) is 5.82 Å². The lowest BCUT2D eigenvalue weighted by Crippen LogP contribution is -2.35. The predicted molar refractivity (Wildman–Crippen MR) is 98.3 cm³/mol. The van der Waals surface area contributed by atoms with E-state index in [4.69, 9.17) is 0 Å². The molecule has 0 aliphatic carbocycles. The largest absolute Gasteiger partial charge is 0.370 e. The summed E-state index contributed by atoms with van der Waals surface area (Å²) in [6.07, 6.45) is 0.910. The van der Waals surface area contributed by atoms with E-state index in [9.17, 15) is 9.18 Å². The number of nitrogens with zero attached hydrogens (tertiary/aromatic N) is 2. The number of benzene rings is 2. The average molecular weight is 424 g/mol. The Morgan fingerprint density at radius 2 is 1.61 bits per heavy atom. The zero-order chi connectivity index (χ0) is 16.2. The third-order valence-electron chi connectivity index (χ3n) is 4.07. The standard InChI is InChI=1S/C18H18FIN2O/c19-15-4-8-17(9-5-15)21-10-1-11-22(13-12-21)18(23)14-2-6-16(20)7-3-14/h2-9H,1,10-13H2. The van der Waals surface area contributed by atoms with Crippen LogP contribution in [0.2, 0.25) is 0 Å². The van der Waals surface area contributed by atoms with E-state index in [0.29, 0.717) is 6.54 Å². The van der Waals surface area contributed by atoms with Gasteiger partial charge in [0.2, 0.25) is 0 Å². The SMILES string of the molecule is O=C(c1ccc(I)cc1)N1CCCN(c2ccc(F)cc2)CC1. The van der Waals surface area contributed by atoms with Gasteiger partial charge in [0.25, 0.3) is 5.91 Å². The molecule has 2 aromatic rings. The minimum absolute atomic E-state index is 0.0855. The van der Waals surface area contributed by atoms with Crippen molar-refractivity contribution in [2.45, 2.75) is 6.42 Å². The second-order valence-corrected chi connectivity index (χ2v) is 6.86. The quantitative estimate of drug-likeness (QED) is 0.686. The van der Waals surface area contributed by atoms with Crippen molar-refractivity contribution in [2.24, 2.45) is 0 Å². The summed E-state index contributed by atoms with van der Waals surface area (Å²) in [6.45, 7) is 3.08. The van der Waals surface area contributed by atoms with Gasteiger partial charge in [0.05, 0.1) is 0 Å². The molecule has 1 aliphatic rings. The molecule has 0 bridgehead atoms. The van der Waals surface area contributed by atoms with Crippen molar-refractivity contribution in [1.29, 1.82) is 0 Å². The van der Waals surface area contributed by atoms with Crippen molar-refractivity contribution in [1.82, 2.24) is 4.90 Å². The van der Waals surface area contributed by atoms with Crippen LogP contribution in [0.1, 0.15) is 16.8 Å². The first kappa shape index (κ1) is 16.2. The molecule has 0 radical (unpaired) electrons. The number of carbonyl (C=O) groups is 1. The van der Waals surface area contributed by atoms with Crippen molar-refractivity contribution < 1.29 is 9.18 Å². The first-order valence-electron chi connectivity index (χ1n) is 7.69. The van der Waals surface area contributed by atoms with Gasteiger partial charge in [-0.05, 0) is 77.5 Å². The molecule has 2 aromatic carbocycles. The van der Waals surface area contributed by atoms with E-state index in [-0.39, 0.29) is 11.7 Å². The number of hydrogen-bond donors (Lipinski definition) is 0. The molecule has 1 fully saturated rings. The highest BCUT2D eigenvalue weighted by Crippen LogP contribution is 2.18. The van der Waals surface area contributed by atoms with Crippen LogP contribution in [0.25, 0.3) is 0 Å². The van der Waals surface area contributed by atoms with Crippen molar-refractivity contribution in [3.05, 3.63) is 63.5 Å². The van der Waals surface area contributed by atoms with E-state index < -0.39 is 0 Å². The number of hydrogen-bond acceptors (Lipinski definition) is 2. The molecular weight excluding hydrogens is 406 g/mol. The van der Waals surface area contributed by atoms with Crippen LogP contribution in [0, 0.1) is 9.39 Å². The van der Waals surface area contributed by atoms with Gasteiger partial charge in [0.15, 0.2) is 0 Å². The Kier molecular flexibility index (Phi) is 5.15. The highest BCUT2D eigenvalue weighted by Gasteiger charge is 2.20. The zero-order valence-electron chi connectivity index (χ0n) is 12.7.